The fourth-order valence-corrected chi connectivity index (χ4v) is 1.86. The fourth-order valence-electron chi connectivity index (χ4n) is 1.86. The zero-order valence-corrected chi connectivity index (χ0v) is 15.2. The molecular weight excluding hydrogens is 308 g/mol. The van der Waals surface area contributed by atoms with Crippen LogP contribution in [0.2, 0.25) is 0 Å². The lowest BCUT2D eigenvalue weighted by Crippen LogP contribution is -2.36. The van der Waals surface area contributed by atoms with Crippen molar-refractivity contribution in [1.29, 1.82) is 0 Å². The van der Waals surface area contributed by atoms with Crippen LogP contribution in [0, 0.1) is 0 Å². The Kier molecular flexibility index (Phi) is 14.3. The van der Waals surface area contributed by atoms with Gasteiger partial charge in [0, 0.05) is 24.7 Å². The van der Waals surface area contributed by atoms with Gasteiger partial charge in [-0.3, -0.25) is 4.79 Å². The van der Waals surface area contributed by atoms with Crippen molar-refractivity contribution in [3.8, 4) is 0 Å². The second-order valence-electron chi connectivity index (χ2n) is 5.78. The molecule has 0 bridgehead atoms. The zero-order chi connectivity index (χ0) is 18.2. The standard InChI is InChI=1S/C9H17NO2.C5H8O2.C4H9N/c1-2-12-9(11)6-7-10-8-4-3-5-8;1-3-5(6)7-4-2;5-4-2-1-3-4/h8,10H,2-7H2,1H3;3H,1,4H2,2H3;4H,1-3,5H2. The summed E-state index contributed by atoms with van der Waals surface area (Å²) in [6.45, 7) is 8.46. The smallest absolute Gasteiger partial charge is 0.330 e. The topological polar surface area (TPSA) is 90.6 Å². The van der Waals surface area contributed by atoms with Gasteiger partial charge in [0.25, 0.3) is 0 Å². The van der Waals surface area contributed by atoms with E-state index in [0.717, 1.165) is 12.6 Å². The molecule has 0 aromatic heterocycles. The largest absolute Gasteiger partial charge is 0.466 e. The second kappa shape index (κ2) is 15.1. The number of carbonyl (C=O) groups is 2. The third kappa shape index (κ3) is 13.1. The Bertz CT molecular complexity index is 353. The van der Waals surface area contributed by atoms with Crippen LogP contribution < -0.4 is 11.1 Å². The van der Waals surface area contributed by atoms with Gasteiger partial charge in [-0.2, -0.15) is 0 Å². The first-order valence-corrected chi connectivity index (χ1v) is 8.97. The predicted molar refractivity (Wildman–Crippen MR) is 95.5 cm³/mol. The number of carbonyl (C=O) groups excluding carboxylic acids is 2. The van der Waals surface area contributed by atoms with E-state index in [9.17, 15) is 9.59 Å². The fraction of sp³-hybridized carbons (Fsp3) is 0.778. The molecule has 2 rings (SSSR count). The van der Waals surface area contributed by atoms with E-state index in [0.29, 0.717) is 31.7 Å². The van der Waals surface area contributed by atoms with Crippen molar-refractivity contribution in [3.05, 3.63) is 12.7 Å². The highest BCUT2D eigenvalue weighted by Gasteiger charge is 2.16. The highest BCUT2D eigenvalue weighted by Crippen LogP contribution is 2.17. The molecule has 6 nitrogen and oxygen atoms in total. The molecule has 0 aromatic rings. The number of hydrogen-bond acceptors (Lipinski definition) is 6. The Morgan fingerprint density at radius 3 is 1.96 bits per heavy atom. The Balaban J connectivity index is 0.000000372. The SMILES string of the molecule is C=CC(=O)OCC.CCOC(=O)CCNC1CCC1.NC1CCC1. The molecule has 6 heteroatoms. The number of esters is 2. The first-order valence-electron chi connectivity index (χ1n) is 8.97. The molecule has 0 radical (unpaired) electrons. The minimum atomic E-state index is -0.359. The van der Waals surface area contributed by atoms with Gasteiger partial charge < -0.3 is 20.5 Å². The van der Waals surface area contributed by atoms with Crippen molar-refractivity contribution in [2.24, 2.45) is 5.73 Å². The van der Waals surface area contributed by atoms with Gasteiger partial charge in [-0.25, -0.2) is 4.79 Å². The highest BCUT2D eigenvalue weighted by molar-refractivity contribution is 5.81. The number of nitrogens with two attached hydrogens (primary N) is 1. The Morgan fingerprint density at radius 1 is 1.12 bits per heavy atom. The molecule has 3 N–H and O–H groups in total. The van der Waals surface area contributed by atoms with Gasteiger partial charge in [-0.1, -0.05) is 19.4 Å². The van der Waals surface area contributed by atoms with Crippen LogP contribution in [0.4, 0.5) is 0 Å². The van der Waals surface area contributed by atoms with Crippen LogP contribution in [0.3, 0.4) is 0 Å². The number of ether oxygens (including phenoxy) is 2. The van der Waals surface area contributed by atoms with Crippen molar-refractivity contribution >= 4 is 11.9 Å². The predicted octanol–water partition coefficient (Wildman–Crippen LogP) is 2.31. The third-order valence-corrected chi connectivity index (χ3v) is 3.78. The van der Waals surface area contributed by atoms with Crippen molar-refractivity contribution < 1.29 is 19.1 Å². The van der Waals surface area contributed by atoms with Crippen molar-refractivity contribution in [3.63, 3.8) is 0 Å². The maximum absolute atomic E-state index is 10.9. The monoisotopic (exact) mass is 342 g/mol. The lowest BCUT2D eigenvalue weighted by Gasteiger charge is -2.26. The minimum Gasteiger partial charge on any atom is -0.466 e. The third-order valence-electron chi connectivity index (χ3n) is 3.78. The molecule has 2 fully saturated rings. The van der Waals surface area contributed by atoms with E-state index < -0.39 is 0 Å². The van der Waals surface area contributed by atoms with E-state index in [1.165, 1.54) is 38.5 Å². The Labute approximate surface area is 146 Å². The van der Waals surface area contributed by atoms with Gasteiger partial charge in [0.15, 0.2) is 0 Å². The zero-order valence-electron chi connectivity index (χ0n) is 15.2. The average molecular weight is 342 g/mol. The van der Waals surface area contributed by atoms with Gasteiger partial charge in [0.05, 0.1) is 19.6 Å². The molecule has 0 aliphatic heterocycles. The molecule has 0 amide bonds. The molecule has 0 heterocycles. The summed E-state index contributed by atoms with van der Waals surface area (Å²) < 4.78 is 9.23. The second-order valence-corrected chi connectivity index (χ2v) is 5.78. The van der Waals surface area contributed by atoms with Gasteiger partial charge in [0.1, 0.15) is 0 Å². The van der Waals surface area contributed by atoms with Crippen LogP contribution in [0.1, 0.15) is 58.8 Å². The molecule has 2 aliphatic carbocycles. The summed E-state index contributed by atoms with van der Waals surface area (Å²) in [6.07, 6.45) is 9.40. The summed E-state index contributed by atoms with van der Waals surface area (Å²) in [4.78, 5) is 20.9. The molecule has 140 valence electrons. The summed E-state index contributed by atoms with van der Waals surface area (Å²) in [7, 11) is 0. The molecule has 0 spiro atoms. The van der Waals surface area contributed by atoms with Crippen LogP contribution >= 0.6 is 0 Å². The minimum absolute atomic E-state index is 0.0932. The maximum atomic E-state index is 10.9. The summed E-state index contributed by atoms with van der Waals surface area (Å²) in [5.41, 5.74) is 5.38. The molecule has 24 heavy (non-hydrogen) atoms. The van der Waals surface area contributed by atoms with Crippen LogP contribution in [0.5, 0.6) is 0 Å². The molecule has 0 aromatic carbocycles. The number of nitrogens with one attached hydrogen (secondary N) is 1. The van der Waals surface area contributed by atoms with E-state index in [2.05, 4.69) is 16.6 Å². The summed E-state index contributed by atoms with van der Waals surface area (Å²) in [5, 5.41) is 3.31. The summed E-state index contributed by atoms with van der Waals surface area (Å²) in [6, 6.07) is 1.23. The molecule has 2 aliphatic rings. The Morgan fingerprint density at radius 2 is 1.67 bits per heavy atom. The molecular formula is C18H34N2O4. The quantitative estimate of drug-likeness (QED) is 0.545. The average Bonchev–Trinajstić information content (AvgIpc) is 2.49. The van der Waals surface area contributed by atoms with Crippen LogP contribution in [-0.4, -0.2) is 43.8 Å². The summed E-state index contributed by atoms with van der Waals surface area (Å²) in [5.74, 6) is -0.452. The molecule has 2 saturated carbocycles. The van der Waals surface area contributed by atoms with E-state index in [1.807, 2.05) is 6.92 Å². The van der Waals surface area contributed by atoms with Gasteiger partial charge in [0.2, 0.25) is 0 Å². The lowest BCUT2D eigenvalue weighted by atomic mass is 9.93. The van der Waals surface area contributed by atoms with Crippen LogP contribution in [-0.2, 0) is 19.1 Å². The highest BCUT2D eigenvalue weighted by atomic mass is 16.5. The van der Waals surface area contributed by atoms with E-state index in [4.69, 9.17) is 10.5 Å². The van der Waals surface area contributed by atoms with Crippen LogP contribution in [0.15, 0.2) is 12.7 Å². The van der Waals surface area contributed by atoms with E-state index >= 15 is 0 Å². The van der Waals surface area contributed by atoms with E-state index in [-0.39, 0.29) is 11.9 Å². The van der Waals surface area contributed by atoms with Crippen molar-refractivity contribution in [1.82, 2.24) is 5.32 Å². The normalized spacial score (nSPS) is 16.1. The van der Waals surface area contributed by atoms with Gasteiger partial charge in [-0.05, 0) is 39.5 Å². The molecule has 0 saturated heterocycles. The number of rotatable bonds is 7. The van der Waals surface area contributed by atoms with Gasteiger partial charge >= 0.3 is 11.9 Å². The summed E-state index contributed by atoms with van der Waals surface area (Å²) >= 11 is 0. The van der Waals surface area contributed by atoms with Crippen LogP contribution in [0.25, 0.3) is 0 Å². The maximum Gasteiger partial charge on any atom is 0.330 e. The van der Waals surface area contributed by atoms with Crippen molar-refractivity contribution in [2.75, 3.05) is 19.8 Å². The molecule has 0 unspecified atom stereocenters. The van der Waals surface area contributed by atoms with Gasteiger partial charge in [-0.15, -0.1) is 0 Å². The van der Waals surface area contributed by atoms with Crippen molar-refractivity contribution in [2.45, 2.75) is 70.9 Å². The number of hydrogen-bond donors (Lipinski definition) is 2. The first-order chi connectivity index (χ1) is 11.5. The van der Waals surface area contributed by atoms with E-state index in [1.54, 1.807) is 6.92 Å². The Hall–Kier alpha value is -1.40. The first kappa shape index (κ1) is 22.6. The lowest BCUT2D eigenvalue weighted by molar-refractivity contribution is -0.143. The molecule has 0 atom stereocenters.